The molecule has 4 aromatic rings. The smallest absolute Gasteiger partial charge is 0.273 e. The maximum Gasteiger partial charge on any atom is 0.273 e. The van der Waals surface area contributed by atoms with Crippen molar-refractivity contribution in [2.24, 2.45) is 5.10 Å². The van der Waals surface area contributed by atoms with Gasteiger partial charge in [0.2, 0.25) is 0 Å². The Morgan fingerprint density at radius 2 is 1.76 bits per heavy atom. The minimum absolute atomic E-state index is 0.294. The van der Waals surface area contributed by atoms with E-state index in [0.717, 1.165) is 21.3 Å². The zero-order valence-corrected chi connectivity index (χ0v) is 19.5. The number of carbonyl (C=O) groups excluding carboxylic acids is 1. The first-order valence-corrected chi connectivity index (χ1v) is 11.0. The van der Waals surface area contributed by atoms with Crippen LogP contribution in [-0.4, -0.2) is 23.8 Å². The minimum Gasteiger partial charge on any atom is -0.493 e. The van der Waals surface area contributed by atoms with Crippen LogP contribution in [0.4, 0.5) is 0 Å². The Morgan fingerprint density at radius 3 is 2.52 bits per heavy atom. The van der Waals surface area contributed by atoms with Crippen molar-refractivity contribution >= 4 is 28.1 Å². The van der Waals surface area contributed by atoms with Crippen molar-refractivity contribution in [1.82, 2.24) is 9.99 Å². The molecule has 0 unspecified atom stereocenters. The number of nitrogens with one attached hydrogen (secondary N) is 1. The summed E-state index contributed by atoms with van der Waals surface area (Å²) in [4.78, 5) is 12.7. The summed E-state index contributed by atoms with van der Waals surface area (Å²) in [6.07, 6.45) is 5.35. The van der Waals surface area contributed by atoms with Gasteiger partial charge in [-0.05, 0) is 65.7 Å². The lowest BCUT2D eigenvalue weighted by atomic mass is 10.1. The standard InChI is InChI=1S/C26H22BrN3O3/c1-32-25-16-20(10-13-24(25)33-18-19-8-11-21(27)12-9-19)17-28-29-26(31)22-6-2-3-7-23(22)30-14-4-5-15-30/h2-17H,18H2,1H3,(H,29,31)/b28-17-. The number of hydrogen-bond donors (Lipinski definition) is 1. The molecule has 0 aliphatic carbocycles. The molecule has 4 rings (SSSR count). The van der Waals surface area contributed by atoms with Crippen LogP contribution in [0.2, 0.25) is 0 Å². The van der Waals surface area contributed by atoms with Crippen LogP contribution in [0.3, 0.4) is 0 Å². The Labute approximate surface area is 200 Å². The predicted octanol–water partition coefficient (Wildman–Crippen LogP) is 5.59. The van der Waals surface area contributed by atoms with Crippen LogP contribution in [-0.2, 0) is 6.61 Å². The topological polar surface area (TPSA) is 64.8 Å². The number of halogens is 1. The van der Waals surface area contributed by atoms with E-state index in [9.17, 15) is 4.79 Å². The van der Waals surface area contributed by atoms with E-state index in [1.165, 1.54) is 0 Å². The van der Waals surface area contributed by atoms with Gasteiger partial charge in [-0.15, -0.1) is 0 Å². The summed E-state index contributed by atoms with van der Waals surface area (Å²) in [5, 5.41) is 4.11. The lowest BCUT2D eigenvalue weighted by molar-refractivity contribution is 0.0955. The van der Waals surface area contributed by atoms with E-state index >= 15 is 0 Å². The molecule has 0 spiro atoms. The molecule has 0 saturated heterocycles. The summed E-state index contributed by atoms with van der Waals surface area (Å²) in [7, 11) is 1.59. The van der Waals surface area contributed by atoms with Crippen LogP contribution in [0.5, 0.6) is 11.5 Å². The summed E-state index contributed by atoms with van der Waals surface area (Å²) in [6.45, 7) is 0.425. The van der Waals surface area contributed by atoms with Gasteiger partial charge in [-0.3, -0.25) is 4.79 Å². The van der Waals surface area contributed by atoms with Gasteiger partial charge >= 0.3 is 0 Å². The molecular formula is C26H22BrN3O3. The third-order valence-electron chi connectivity index (χ3n) is 4.91. The number of para-hydroxylation sites is 1. The number of ether oxygens (including phenoxy) is 2. The Bertz CT molecular complexity index is 1250. The van der Waals surface area contributed by atoms with Crippen LogP contribution in [0.15, 0.2) is 101 Å². The summed E-state index contributed by atoms with van der Waals surface area (Å²) < 4.78 is 14.3. The van der Waals surface area contributed by atoms with Crippen molar-refractivity contribution in [2.75, 3.05) is 7.11 Å². The van der Waals surface area contributed by atoms with Crippen molar-refractivity contribution in [3.05, 3.63) is 112 Å². The fourth-order valence-electron chi connectivity index (χ4n) is 3.24. The molecule has 1 aromatic heterocycles. The predicted molar refractivity (Wildman–Crippen MR) is 132 cm³/mol. The first kappa shape index (κ1) is 22.4. The van der Waals surface area contributed by atoms with E-state index in [-0.39, 0.29) is 5.91 Å². The second kappa shape index (κ2) is 10.7. The Balaban J connectivity index is 1.41. The Hall–Kier alpha value is -3.84. The maximum absolute atomic E-state index is 12.7. The number of rotatable bonds is 8. The largest absolute Gasteiger partial charge is 0.493 e. The number of benzene rings is 3. The molecule has 0 atom stereocenters. The van der Waals surface area contributed by atoms with Gasteiger partial charge in [0.15, 0.2) is 11.5 Å². The lowest BCUT2D eigenvalue weighted by Gasteiger charge is -2.11. The van der Waals surface area contributed by atoms with Gasteiger partial charge in [0, 0.05) is 16.9 Å². The number of nitrogens with zero attached hydrogens (tertiary/aromatic N) is 2. The fourth-order valence-corrected chi connectivity index (χ4v) is 3.50. The second-order valence-corrected chi connectivity index (χ2v) is 8.05. The summed E-state index contributed by atoms with van der Waals surface area (Å²) >= 11 is 3.43. The van der Waals surface area contributed by atoms with E-state index in [1.54, 1.807) is 25.5 Å². The van der Waals surface area contributed by atoms with Crippen molar-refractivity contribution in [1.29, 1.82) is 0 Å². The highest BCUT2D eigenvalue weighted by molar-refractivity contribution is 9.10. The van der Waals surface area contributed by atoms with Crippen LogP contribution < -0.4 is 14.9 Å². The number of hydrogen-bond acceptors (Lipinski definition) is 4. The van der Waals surface area contributed by atoms with Crippen LogP contribution in [0, 0.1) is 0 Å². The van der Waals surface area contributed by atoms with Crippen molar-refractivity contribution in [3.8, 4) is 17.2 Å². The van der Waals surface area contributed by atoms with Gasteiger partial charge in [0.05, 0.1) is 24.6 Å². The van der Waals surface area contributed by atoms with Crippen molar-refractivity contribution in [3.63, 3.8) is 0 Å². The number of amides is 1. The molecule has 3 aromatic carbocycles. The molecule has 6 nitrogen and oxygen atoms in total. The highest BCUT2D eigenvalue weighted by Gasteiger charge is 2.11. The highest BCUT2D eigenvalue weighted by Crippen LogP contribution is 2.28. The van der Waals surface area contributed by atoms with Crippen LogP contribution >= 0.6 is 15.9 Å². The molecule has 0 saturated carbocycles. The van der Waals surface area contributed by atoms with E-state index < -0.39 is 0 Å². The van der Waals surface area contributed by atoms with Crippen molar-refractivity contribution in [2.45, 2.75) is 6.61 Å². The van der Waals surface area contributed by atoms with Gasteiger partial charge in [0.1, 0.15) is 6.61 Å². The zero-order chi connectivity index (χ0) is 23.0. The summed E-state index contributed by atoms with van der Waals surface area (Å²) in [5.41, 5.74) is 5.72. The average Bonchev–Trinajstić information content (AvgIpc) is 3.39. The van der Waals surface area contributed by atoms with Crippen LogP contribution in [0.1, 0.15) is 21.5 Å². The number of aromatic nitrogens is 1. The monoisotopic (exact) mass is 503 g/mol. The quantitative estimate of drug-likeness (QED) is 0.251. The molecule has 1 amide bonds. The van der Waals surface area contributed by atoms with E-state index in [4.69, 9.17) is 9.47 Å². The summed E-state index contributed by atoms with van der Waals surface area (Å²) in [5.74, 6) is 0.916. The molecule has 0 fully saturated rings. The number of carbonyl (C=O) groups is 1. The maximum atomic E-state index is 12.7. The molecule has 0 aliphatic heterocycles. The van der Waals surface area contributed by atoms with E-state index in [0.29, 0.717) is 23.7 Å². The summed E-state index contributed by atoms with van der Waals surface area (Å²) in [6, 6.07) is 24.6. The molecule has 1 N–H and O–H groups in total. The first-order valence-electron chi connectivity index (χ1n) is 10.2. The lowest BCUT2D eigenvalue weighted by Crippen LogP contribution is -2.19. The third kappa shape index (κ3) is 5.70. The molecule has 0 aliphatic rings. The van der Waals surface area contributed by atoms with Gasteiger partial charge < -0.3 is 14.0 Å². The number of methoxy groups -OCH3 is 1. The Kier molecular flexibility index (Phi) is 7.22. The molecule has 0 radical (unpaired) electrons. The van der Waals surface area contributed by atoms with Gasteiger partial charge in [-0.2, -0.15) is 5.10 Å². The highest BCUT2D eigenvalue weighted by atomic mass is 79.9. The van der Waals surface area contributed by atoms with Crippen LogP contribution in [0.25, 0.3) is 5.69 Å². The normalized spacial score (nSPS) is 10.8. The fraction of sp³-hybridized carbons (Fsp3) is 0.0769. The molecule has 7 heteroatoms. The molecule has 1 heterocycles. The molecule has 0 bridgehead atoms. The average molecular weight is 504 g/mol. The second-order valence-electron chi connectivity index (χ2n) is 7.13. The van der Waals surface area contributed by atoms with E-state index in [2.05, 4.69) is 26.5 Å². The first-order chi connectivity index (χ1) is 16.1. The molecule has 33 heavy (non-hydrogen) atoms. The minimum atomic E-state index is -0.294. The SMILES string of the molecule is COc1cc(/C=N\NC(=O)c2ccccc2-n2cccc2)ccc1OCc1ccc(Br)cc1. The van der Waals surface area contributed by atoms with Crippen molar-refractivity contribution < 1.29 is 14.3 Å². The van der Waals surface area contributed by atoms with Gasteiger partial charge in [-0.1, -0.05) is 40.2 Å². The van der Waals surface area contributed by atoms with Gasteiger partial charge in [-0.25, -0.2) is 5.43 Å². The van der Waals surface area contributed by atoms with Gasteiger partial charge in [0.25, 0.3) is 5.91 Å². The third-order valence-corrected chi connectivity index (χ3v) is 5.43. The molecular weight excluding hydrogens is 482 g/mol. The van der Waals surface area contributed by atoms with E-state index in [1.807, 2.05) is 83.7 Å². The zero-order valence-electron chi connectivity index (χ0n) is 17.9. The molecule has 166 valence electrons. The Morgan fingerprint density at radius 1 is 1.00 bits per heavy atom. The number of hydrazone groups is 1.